The fraction of sp³-hybridized carbons (Fsp3) is 0.750. The summed E-state index contributed by atoms with van der Waals surface area (Å²) in [6.45, 7) is 4.70. The second-order valence-electron chi connectivity index (χ2n) is 0.895. The minimum Gasteiger partial charge on any atom is -0.375 e. The minimum atomic E-state index is 0.602. The van der Waals surface area contributed by atoms with E-state index in [4.69, 9.17) is 10.5 Å². The number of nitrogens with two attached hydrogens (primary N) is 1. The molecule has 0 aliphatic heterocycles. The third kappa shape index (κ3) is 3.92. The zero-order valence-corrected chi connectivity index (χ0v) is 3.98. The lowest BCUT2D eigenvalue weighted by molar-refractivity contribution is 0.213. The first-order valence-corrected chi connectivity index (χ1v) is 2.01. The maximum atomic E-state index is 5.07. The molecule has 0 rings (SSSR count). The normalized spacial score (nSPS) is 9.00. The highest BCUT2D eigenvalue weighted by Crippen LogP contribution is 1.72. The maximum absolute atomic E-state index is 5.07. The second kappa shape index (κ2) is 4.92. The van der Waals surface area contributed by atoms with Crippen molar-refractivity contribution in [3.8, 4) is 0 Å². The quantitative estimate of drug-likeness (QED) is 0.498. The Labute approximate surface area is 38.3 Å². The van der Waals surface area contributed by atoms with Crippen LogP contribution in [0.4, 0.5) is 0 Å². The van der Waals surface area contributed by atoms with Gasteiger partial charge in [-0.25, -0.2) is 0 Å². The molecule has 2 nitrogen and oxygen atoms in total. The molecule has 0 unspecified atom stereocenters. The van der Waals surface area contributed by atoms with E-state index >= 15 is 0 Å². The van der Waals surface area contributed by atoms with Gasteiger partial charge < -0.3 is 10.5 Å². The second-order valence-corrected chi connectivity index (χ2v) is 0.895. The van der Waals surface area contributed by atoms with Gasteiger partial charge in [0, 0.05) is 6.54 Å². The van der Waals surface area contributed by atoms with Crippen LogP contribution in [0.1, 0.15) is 6.92 Å². The first-order valence-electron chi connectivity index (χ1n) is 2.01. The zero-order valence-electron chi connectivity index (χ0n) is 3.98. The van der Waals surface area contributed by atoms with Gasteiger partial charge in [-0.1, -0.05) is 0 Å². The van der Waals surface area contributed by atoms with Crippen molar-refractivity contribution in [2.75, 3.05) is 13.2 Å². The number of hydrogen-bond acceptors (Lipinski definition) is 2. The van der Waals surface area contributed by atoms with E-state index in [1.165, 1.54) is 0 Å². The molecule has 0 amide bonds. The highest BCUT2D eigenvalue weighted by atomic mass is 16.5. The van der Waals surface area contributed by atoms with Gasteiger partial charge in [-0.2, -0.15) is 0 Å². The predicted molar refractivity (Wildman–Crippen MR) is 25.0 cm³/mol. The van der Waals surface area contributed by atoms with Crippen LogP contribution in [0.5, 0.6) is 0 Å². The molecule has 2 heteroatoms. The average molecular weight is 88.1 g/mol. The van der Waals surface area contributed by atoms with E-state index in [-0.39, 0.29) is 0 Å². The van der Waals surface area contributed by atoms with Gasteiger partial charge in [-0.3, -0.25) is 0 Å². The number of hydrogen-bond donors (Lipinski definition) is 1. The van der Waals surface area contributed by atoms with Gasteiger partial charge in [0.2, 0.25) is 0 Å². The van der Waals surface area contributed by atoms with Gasteiger partial charge >= 0.3 is 0 Å². The van der Waals surface area contributed by atoms with E-state index in [1.54, 1.807) is 6.61 Å². The van der Waals surface area contributed by atoms with Gasteiger partial charge in [0.05, 0.1) is 13.2 Å². The summed E-state index contributed by atoms with van der Waals surface area (Å²) in [5.41, 5.74) is 5.07. The molecule has 0 heterocycles. The third-order valence-corrected chi connectivity index (χ3v) is 0.402. The predicted octanol–water partition coefficient (Wildman–Crippen LogP) is 0.143. The molecule has 0 aliphatic carbocycles. The summed E-state index contributed by atoms with van der Waals surface area (Å²) in [5.74, 6) is 0. The molecule has 1 radical (unpaired) electrons. The summed E-state index contributed by atoms with van der Waals surface area (Å²) in [6, 6.07) is 0. The largest absolute Gasteiger partial charge is 0.375 e. The molecule has 0 spiro atoms. The fourth-order valence-corrected chi connectivity index (χ4v) is 0.186. The van der Waals surface area contributed by atoms with Crippen LogP contribution in [-0.2, 0) is 4.74 Å². The summed E-state index contributed by atoms with van der Waals surface area (Å²) >= 11 is 0. The van der Waals surface area contributed by atoms with E-state index < -0.39 is 0 Å². The molecule has 37 valence electrons. The standard InChI is InChI=1S/C4H10NO/c1-2-6-4-3-5/h2H,3-5H2,1H3. The van der Waals surface area contributed by atoms with Crippen LogP contribution < -0.4 is 5.73 Å². The monoisotopic (exact) mass is 88.1 g/mol. The van der Waals surface area contributed by atoms with Crippen molar-refractivity contribution in [3.63, 3.8) is 0 Å². The molecular formula is C4H10NO. The Kier molecular flexibility index (Phi) is 4.85. The topological polar surface area (TPSA) is 35.2 Å². The van der Waals surface area contributed by atoms with Crippen LogP contribution >= 0.6 is 0 Å². The molecule has 0 aromatic rings. The lowest BCUT2D eigenvalue weighted by Crippen LogP contribution is -2.05. The Morgan fingerprint density at radius 3 is 2.67 bits per heavy atom. The van der Waals surface area contributed by atoms with Crippen LogP contribution in [-0.4, -0.2) is 13.2 Å². The van der Waals surface area contributed by atoms with Crippen LogP contribution in [0.25, 0.3) is 0 Å². The van der Waals surface area contributed by atoms with Gasteiger partial charge in [0.15, 0.2) is 0 Å². The molecule has 2 N–H and O–H groups in total. The van der Waals surface area contributed by atoms with Gasteiger partial charge in [0.1, 0.15) is 0 Å². The van der Waals surface area contributed by atoms with Crippen LogP contribution in [0, 0.1) is 6.61 Å². The van der Waals surface area contributed by atoms with E-state index in [2.05, 4.69) is 0 Å². The van der Waals surface area contributed by atoms with Crippen LogP contribution in [0.15, 0.2) is 0 Å². The van der Waals surface area contributed by atoms with Crippen molar-refractivity contribution in [1.29, 1.82) is 0 Å². The Morgan fingerprint density at radius 2 is 2.50 bits per heavy atom. The first-order chi connectivity index (χ1) is 2.91. The molecule has 0 saturated carbocycles. The number of rotatable bonds is 3. The summed E-state index contributed by atoms with van der Waals surface area (Å²) in [4.78, 5) is 0. The molecule has 6 heavy (non-hydrogen) atoms. The Balaban J connectivity index is 2.34. The van der Waals surface area contributed by atoms with Crippen molar-refractivity contribution in [3.05, 3.63) is 6.61 Å². The van der Waals surface area contributed by atoms with Crippen LogP contribution in [0.2, 0.25) is 0 Å². The van der Waals surface area contributed by atoms with E-state index in [0.717, 1.165) is 0 Å². The molecule has 0 aromatic heterocycles. The van der Waals surface area contributed by atoms with Crippen molar-refractivity contribution in [1.82, 2.24) is 0 Å². The van der Waals surface area contributed by atoms with E-state index in [9.17, 15) is 0 Å². The highest BCUT2D eigenvalue weighted by Gasteiger charge is 1.73. The summed E-state index contributed by atoms with van der Waals surface area (Å²) in [6.07, 6.45) is 0. The Bertz CT molecular complexity index is 19.5. The zero-order chi connectivity index (χ0) is 4.83. The fourth-order valence-electron chi connectivity index (χ4n) is 0.186. The van der Waals surface area contributed by atoms with Crippen molar-refractivity contribution in [2.45, 2.75) is 6.92 Å². The lowest BCUT2D eigenvalue weighted by atomic mass is 10.7. The highest BCUT2D eigenvalue weighted by molar-refractivity contribution is 4.34. The summed E-state index contributed by atoms with van der Waals surface area (Å²) < 4.78 is 4.73. The third-order valence-electron chi connectivity index (χ3n) is 0.402. The Hall–Kier alpha value is -0.0800. The van der Waals surface area contributed by atoms with Crippen LogP contribution in [0.3, 0.4) is 0 Å². The SMILES string of the molecule is C[CH]OCCN. The minimum absolute atomic E-state index is 0.602. The molecule has 0 bridgehead atoms. The average Bonchev–Trinajstić information content (AvgIpc) is 1.61. The van der Waals surface area contributed by atoms with E-state index in [1.807, 2.05) is 6.92 Å². The van der Waals surface area contributed by atoms with Gasteiger partial charge in [-0.05, 0) is 6.92 Å². The molecule has 0 aromatic carbocycles. The Morgan fingerprint density at radius 1 is 1.83 bits per heavy atom. The summed E-state index contributed by atoms with van der Waals surface area (Å²) in [5, 5.41) is 0. The molecular weight excluding hydrogens is 78.0 g/mol. The molecule has 0 saturated heterocycles. The first kappa shape index (κ1) is 5.92. The van der Waals surface area contributed by atoms with Crippen molar-refractivity contribution in [2.24, 2.45) is 5.73 Å². The molecule has 0 fully saturated rings. The van der Waals surface area contributed by atoms with Gasteiger partial charge in [-0.15, -0.1) is 0 Å². The van der Waals surface area contributed by atoms with Crippen molar-refractivity contribution >= 4 is 0 Å². The van der Waals surface area contributed by atoms with Crippen molar-refractivity contribution < 1.29 is 4.74 Å². The summed E-state index contributed by atoms with van der Waals surface area (Å²) in [7, 11) is 0. The smallest absolute Gasteiger partial charge is 0.0806 e. The molecule has 0 aliphatic rings. The maximum Gasteiger partial charge on any atom is 0.0806 e. The van der Waals surface area contributed by atoms with Gasteiger partial charge in [0.25, 0.3) is 0 Å². The lowest BCUT2D eigenvalue weighted by Gasteiger charge is -1.90. The van der Waals surface area contributed by atoms with E-state index in [0.29, 0.717) is 13.2 Å². The number of ether oxygens (including phenoxy) is 1. The molecule has 0 atom stereocenters.